The highest BCUT2D eigenvalue weighted by Crippen LogP contribution is 2.23. The van der Waals surface area contributed by atoms with Gasteiger partial charge in [0.05, 0.1) is 0 Å². The summed E-state index contributed by atoms with van der Waals surface area (Å²) >= 11 is 0. The summed E-state index contributed by atoms with van der Waals surface area (Å²) < 4.78 is 15.5. The van der Waals surface area contributed by atoms with Crippen molar-refractivity contribution in [2.75, 3.05) is 50.1 Å². The van der Waals surface area contributed by atoms with Gasteiger partial charge in [-0.3, -0.25) is 9.98 Å². The highest BCUT2D eigenvalue weighted by Gasteiger charge is 2.14. The first-order chi connectivity index (χ1) is 18.1. The van der Waals surface area contributed by atoms with Crippen molar-refractivity contribution in [3.05, 3.63) is 94.8 Å². The van der Waals surface area contributed by atoms with Crippen LogP contribution in [0.5, 0.6) is 0 Å². The average Bonchev–Trinajstić information content (AvgIpc) is 2.96. The number of anilines is 2. The Morgan fingerprint density at radius 3 is 1.44 bits per heavy atom. The third kappa shape index (κ3) is 7.43. The molecule has 39 heavy (non-hydrogen) atoms. The van der Waals surface area contributed by atoms with E-state index in [9.17, 15) is 0 Å². The Morgan fingerprint density at radius 2 is 1.08 bits per heavy atom. The zero-order valence-electron chi connectivity index (χ0n) is 22.5. The first-order valence-corrected chi connectivity index (χ1v) is 13.0. The molecule has 3 aromatic carbocycles. The van der Waals surface area contributed by atoms with E-state index in [0.29, 0.717) is 24.2 Å². The number of nitrogens with one attached hydrogen (secondary N) is 2. The molecule has 0 fully saturated rings. The summed E-state index contributed by atoms with van der Waals surface area (Å²) in [6.45, 7) is 4.64. The molecule has 0 bridgehead atoms. The van der Waals surface area contributed by atoms with E-state index in [-0.39, 0.29) is 30.6 Å². The van der Waals surface area contributed by atoms with Crippen LogP contribution in [-0.4, -0.2) is 51.9 Å². The third-order valence-electron chi connectivity index (χ3n) is 6.93. The van der Waals surface area contributed by atoms with Gasteiger partial charge in [0.25, 0.3) is 0 Å². The minimum atomic E-state index is -0.143. The van der Waals surface area contributed by atoms with E-state index in [2.05, 4.69) is 78.9 Å². The van der Waals surface area contributed by atoms with Crippen LogP contribution in [0.25, 0.3) is 0 Å². The number of hydrogen-bond acceptors (Lipinski definition) is 6. The number of hydrogen-bond donors (Lipinski definition) is 2. The number of halogens is 3. The molecular weight excluding hydrogens is 534 g/mol. The fourth-order valence-corrected chi connectivity index (χ4v) is 4.77. The predicted molar refractivity (Wildman–Crippen MR) is 166 cm³/mol. The van der Waals surface area contributed by atoms with Crippen LogP contribution < -0.4 is 20.4 Å². The topological polar surface area (TPSA) is 55.3 Å². The molecule has 0 aromatic heterocycles. The molecule has 6 nitrogen and oxygen atoms in total. The largest absolute Gasteiger partial charge is 0.370 e. The van der Waals surface area contributed by atoms with Crippen LogP contribution in [0.2, 0.25) is 0 Å². The highest BCUT2D eigenvalue weighted by molar-refractivity contribution is 6.00. The minimum absolute atomic E-state index is 0. The van der Waals surface area contributed by atoms with Gasteiger partial charge in [-0.05, 0) is 61.4 Å². The molecule has 2 heterocycles. The van der Waals surface area contributed by atoms with E-state index < -0.39 is 0 Å². The van der Waals surface area contributed by atoms with Crippen molar-refractivity contribution in [3.63, 3.8) is 0 Å². The van der Waals surface area contributed by atoms with E-state index in [4.69, 9.17) is 0 Å². The van der Waals surface area contributed by atoms with Crippen LogP contribution in [0, 0.1) is 5.82 Å². The maximum absolute atomic E-state index is 15.5. The second kappa shape index (κ2) is 14.2. The molecule has 208 valence electrons. The second-order valence-corrected chi connectivity index (χ2v) is 9.72. The Labute approximate surface area is 243 Å². The van der Waals surface area contributed by atoms with Crippen molar-refractivity contribution >= 4 is 47.9 Å². The summed E-state index contributed by atoms with van der Waals surface area (Å²) in [5, 5.41) is 6.71. The standard InChI is InChI=1S/C30H35FN6.2ClH/c1-36(26-12-8-22(9-13-26)29-32-16-4-17-33-29)20-24-6-3-7-25(28(24)31)21-37(2)27-14-10-23(11-15-27)30-34-18-5-19-35-30;;/h3,6-15H,4-5,16-21H2,1-2H3,(H,32,33)(H,34,35);2*1H. The molecule has 2 aliphatic rings. The molecule has 0 unspecified atom stereocenters. The Bertz CT molecular complexity index is 1180. The Hall–Kier alpha value is -3.29. The van der Waals surface area contributed by atoms with Gasteiger partial charge in [-0.25, -0.2) is 4.39 Å². The average molecular weight is 572 g/mol. The lowest BCUT2D eigenvalue weighted by Crippen LogP contribution is -2.30. The number of aliphatic imine (C=N–C) groups is 2. The molecule has 0 aliphatic carbocycles. The van der Waals surface area contributed by atoms with Gasteiger partial charge in [0.1, 0.15) is 17.5 Å². The summed E-state index contributed by atoms with van der Waals surface area (Å²) in [7, 11) is 3.99. The molecule has 0 radical (unpaired) electrons. The van der Waals surface area contributed by atoms with E-state index in [0.717, 1.165) is 73.2 Å². The maximum atomic E-state index is 15.5. The molecule has 0 saturated heterocycles. The van der Waals surface area contributed by atoms with E-state index in [1.807, 2.05) is 32.3 Å². The lowest BCUT2D eigenvalue weighted by Gasteiger charge is -2.23. The fraction of sp³-hybridized carbons (Fsp3) is 0.333. The monoisotopic (exact) mass is 570 g/mol. The lowest BCUT2D eigenvalue weighted by molar-refractivity contribution is 0.589. The number of amidine groups is 2. The van der Waals surface area contributed by atoms with Crippen molar-refractivity contribution in [2.45, 2.75) is 25.9 Å². The van der Waals surface area contributed by atoms with Crippen LogP contribution in [0.3, 0.4) is 0 Å². The third-order valence-corrected chi connectivity index (χ3v) is 6.93. The smallest absolute Gasteiger partial charge is 0.133 e. The molecule has 2 aliphatic heterocycles. The number of benzene rings is 3. The summed E-state index contributed by atoms with van der Waals surface area (Å²) in [6, 6.07) is 22.3. The van der Waals surface area contributed by atoms with Crippen LogP contribution in [0.1, 0.15) is 35.1 Å². The zero-order valence-corrected chi connectivity index (χ0v) is 24.1. The van der Waals surface area contributed by atoms with Gasteiger partial charge in [0, 0.05) is 87.0 Å². The Kier molecular flexibility index (Phi) is 11.0. The molecule has 9 heteroatoms. The van der Waals surface area contributed by atoms with Gasteiger partial charge in [-0.15, -0.1) is 24.8 Å². The van der Waals surface area contributed by atoms with Crippen LogP contribution in [0.15, 0.2) is 76.7 Å². The van der Waals surface area contributed by atoms with Crippen molar-refractivity contribution in [2.24, 2.45) is 9.98 Å². The van der Waals surface area contributed by atoms with Gasteiger partial charge < -0.3 is 20.4 Å². The summed E-state index contributed by atoms with van der Waals surface area (Å²) in [5.41, 5.74) is 5.63. The quantitative estimate of drug-likeness (QED) is 0.379. The molecule has 0 spiro atoms. The van der Waals surface area contributed by atoms with Crippen LogP contribution >= 0.6 is 24.8 Å². The van der Waals surface area contributed by atoms with Crippen molar-refractivity contribution in [3.8, 4) is 0 Å². The SMILES string of the molecule is CN(Cc1cccc(CN(C)c2ccc(C3=NCCCN3)cc2)c1F)c1ccc(C2=NCCCN2)cc1.Cl.Cl. The van der Waals surface area contributed by atoms with Crippen LogP contribution in [0.4, 0.5) is 15.8 Å². The van der Waals surface area contributed by atoms with Gasteiger partial charge in [-0.2, -0.15) is 0 Å². The van der Waals surface area contributed by atoms with E-state index in [1.54, 1.807) is 0 Å². The summed E-state index contributed by atoms with van der Waals surface area (Å²) in [5.74, 6) is 1.77. The first-order valence-electron chi connectivity index (χ1n) is 13.0. The Balaban J connectivity index is 0.00000210. The highest BCUT2D eigenvalue weighted by atomic mass is 35.5. The maximum Gasteiger partial charge on any atom is 0.133 e. The predicted octanol–water partition coefficient (Wildman–Crippen LogP) is 5.42. The first kappa shape index (κ1) is 30.3. The van der Waals surface area contributed by atoms with Crippen LogP contribution in [-0.2, 0) is 13.1 Å². The molecule has 2 N–H and O–H groups in total. The fourth-order valence-electron chi connectivity index (χ4n) is 4.77. The molecule has 0 atom stereocenters. The number of rotatable bonds is 8. The molecule has 5 rings (SSSR count). The Morgan fingerprint density at radius 1 is 0.667 bits per heavy atom. The van der Waals surface area contributed by atoms with Crippen molar-refractivity contribution in [1.29, 1.82) is 0 Å². The van der Waals surface area contributed by atoms with Gasteiger partial charge in [0.15, 0.2) is 0 Å². The summed E-state index contributed by atoms with van der Waals surface area (Å²) in [4.78, 5) is 13.3. The normalized spacial score (nSPS) is 14.4. The van der Waals surface area contributed by atoms with Crippen molar-refractivity contribution in [1.82, 2.24) is 10.6 Å². The molecule has 0 amide bonds. The van der Waals surface area contributed by atoms with Crippen molar-refractivity contribution < 1.29 is 4.39 Å². The van der Waals surface area contributed by atoms with E-state index >= 15 is 4.39 Å². The number of nitrogens with zero attached hydrogens (tertiary/aromatic N) is 4. The summed E-state index contributed by atoms with van der Waals surface area (Å²) in [6.07, 6.45) is 2.15. The minimum Gasteiger partial charge on any atom is -0.370 e. The molecule has 0 saturated carbocycles. The zero-order chi connectivity index (χ0) is 25.6. The van der Waals surface area contributed by atoms with Gasteiger partial charge in [0.2, 0.25) is 0 Å². The van der Waals surface area contributed by atoms with Gasteiger partial charge >= 0.3 is 0 Å². The second-order valence-electron chi connectivity index (χ2n) is 9.72. The lowest BCUT2D eigenvalue weighted by atomic mass is 10.1. The van der Waals surface area contributed by atoms with Gasteiger partial charge in [-0.1, -0.05) is 18.2 Å². The molecule has 3 aromatic rings. The molecular formula is C30H37Cl2FN6. The van der Waals surface area contributed by atoms with E-state index in [1.165, 1.54) is 0 Å².